The van der Waals surface area contributed by atoms with Gasteiger partial charge in [0.2, 0.25) is 0 Å². The maximum absolute atomic E-state index is 2.37. The fourth-order valence-electron chi connectivity index (χ4n) is 0.700. The zero-order chi connectivity index (χ0) is 5.28. The molecular formula is C6H12FSi. The van der Waals surface area contributed by atoms with Crippen LogP contribution < -0.4 is 0 Å². The molecule has 0 saturated carbocycles. The van der Waals surface area contributed by atoms with Crippen LogP contribution in [0, 0.1) is 0 Å². The van der Waals surface area contributed by atoms with Gasteiger partial charge in [0.05, 0.1) is 0 Å². The highest BCUT2D eigenvalue weighted by Gasteiger charge is 2.14. The summed E-state index contributed by atoms with van der Waals surface area (Å²) in [4.78, 5) is 0. The van der Waals surface area contributed by atoms with Crippen molar-refractivity contribution >= 4 is 8.80 Å². The first-order valence-corrected chi connectivity index (χ1v) is 5.35. The summed E-state index contributed by atoms with van der Waals surface area (Å²) in [7, 11) is 0.0368. The molecule has 0 aromatic rings. The molecule has 0 aromatic heterocycles. The van der Waals surface area contributed by atoms with E-state index in [0.717, 1.165) is 5.54 Å². The summed E-state index contributed by atoms with van der Waals surface area (Å²) in [6.45, 7) is 4.75. The zero-order valence-electron chi connectivity index (χ0n) is 5.35. The van der Waals surface area contributed by atoms with E-state index in [1.54, 1.807) is 0 Å². The average Bonchev–Trinajstić information content (AvgIpc) is 1.23. The molecule has 0 saturated heterocycles. The first-order chi connectivity index (χ1) is 3.30. The summed E-state index contributed by atoms with van der Waals surface area (Å²) < 4.78 is 0. The minimum absolute atomic E-state index is 0. The number of hydrogen-bond acceptors (Lipinski definition) is 0. The number of allylic oxidation sites excluding steroid dienone is 2. The van der Waals surface area contributed by atoms with Crippen molar-refractivity contribution in [1.82, 2.24) is 0 Å². The van der Waals surface area contributed by atoms with E-state index < -0.39 is 0 Å². The van der Waals surface area contributed by atoms with Crippen molar-refractivity contribution in [3.05, 3.63) is 12.2 Å². The molecule has 0 nitrogen and oxygen atoms in total. The van der Waals surface area contributed by atoms with Crippen molar-refractivity contribution in [2.45, 2.75) is 25.1 Å². The van der Waals surface area contributed by atoms with E-state index in [1.807, 2.05) is 0 Å². The molecule has 2 heteroatoms. The fourth-order valence-corrected chi connectivity index (χ4v) is 1.83. The van der Waals surface area contributed by atoms with Crippen molar-refractivity contribution in [2.24, 2.45) is 0 Å². The number of hydrogen-bond donors (Lipinski definition) is 0. The van der Waals surface area contributed by atoms with Crippen molar-refractivity contribution in [3.63, 3.8) is 0 Å². The fraction of sp³-hybridized carbons (Fsp3) is 0.667. The highest BCUT2D eigenvalue weighted by Crippen LogP contribution is 2.25. The van der Waals surface area contributed by atoms with Gasteiger partial charge in [-0.3, -0.25) is 4.70 Å². The van der Waals surface area contributed by atoms with Gasteiger partial charge >= 0.3 is 0 Å². The van der Waals surface area contributed by atoms with E-state index in [2.05, 4.69) is 25.2 Å². The van der Waals surface area contributed by atoms with E-state index in [1.165, 1.54) is 6.42 Å². The Balaban J connectivity index is 0.000000490. The minimum atomic E-state index is 0. The monoisotopic (exact) mass is 131 g/mol. The lowest BCUT2D eigenvalue weighted by atomic mass is 10.1. The lowest BCUT2D eigenvalue weighted by Crippen LogP contribution is -2.13. The van der Waals surface area contributed by atoms with Crippen LogP contribution in [0.2, 0.25) is 18.6 Å². The second kappa shape index (κ2) is 3.02. The van der Waals surface area contributed by atoms with Crippen molar-refractivity contribution < 1.29 is 4.70 Å². The van der Waals surface area contributed by atoms with Crippen LogP contribution in [0.25, 0.3) is 0 Å². The molecular weight excluding hydrogens is 119 g/mol. The first kappa shape index (κ1) is 7.89. The molecule has 0 bridgehead atoms. The van der Waals surface area contributed by atoms with Crippen LogP contribution in [0.3, 0.4) is 0 Å². The summed E-state index contributed by atoms with van der Waals surface area (Å²) in [5.41, 5.74) is 1.00. The van der Waals surface area contributed by atoms with Crippen LogP contribution in [0.1, 0.15) is 6.42 Å². The molecule has 0 heterocycles. The molecule has 1 aliphatic rings. The van der Waals surface area contributed by atoms with Gasteiger partial charge in [-0.05, 0) is 12.0 Å². The molecule has 0 aromatic carbocycles. The van der Waals surface area contributed by atoms with Gasteiger partial charge in [-0.25, -0.2) is 0 Å². The third-order valence-electron chi connectivity index (χ3n) is 1.50. The Bertz CT molecular complexity index is 88.5. The zero-order valence-corrected chi connectivity index (χ0v) is 6.35. The number of rotatable bonds is 1. The van der Waals surface area contributed by atoms with Crippen molar-refractivity contribution in [1.29, 1.82) is 0 Å². The maximum atomic E-state index is 2.37. The Kier molecular flexibility index (Phi) is 2.98. The highest BCUT2D eigenvalue weighted by molar-refractivity contribution is 6.58. The second-order valence-corrected chi connectivity index (χ2v) is 5.24. The molecule has 1 atom stereocenters. The predicted molar refractivity (Wildman–Crippen MR) is 37.5 cm³/mol. The third-order valence-corrected chi connectivity index (χ3v) is 3.41. The average molecular weight is 131 g/mol. The summed E-state index contributed by atoms with van der Waals surface area (Å²) in [5.74, 6) is 0. The molecule has 47 valence electrons. The van der Waals surface area contributed by atoms with Crippen LogP contribution in [0.5, 0.6) is 0 Å². The van der Waals surface area contributed by atoms with Crippen LogP contribution in [0.15, 0.2) is 12.2 Å². The van der Waals surface area contributed by atoms with Gasteiger partial charge in [-0.2, -0.15) is 0 Å². The molecule has 8 heavy (non-hydrogen) atoms. The Labute approximate surface area is 51.6 Å². The molecule has 0 amide bonds. The molecule has 0 aliphatic heterocycles. The van der Waals surface area contributed by atoms with Gasteiger partial charge in [-0.15, -0.1) is 0 Å². The first-order valence-electron chi connectivity index (χ1n) is 2.77. The van der Waals surface area contributed by atoms with Gasteiger partial charge in [0.15, 0.2) is 0 Å². The molecule has 1 aliphatic carbocycles. The Hall–Kier alpha value is -0.113. The molecule has 0 N–H and O–H groups in total. The van der Waals surface area contributed by atoms with E-state index in [4.69, 9.17) is 0 Å². The van der Waals surface area contributed by atoms with Crippen molar-refractivity contribution in [2.75, 3.05) is 0 Å². The van der Waals surface area contributed by atoms with Gasteiger partial charge in [0.25, 0.3) is 0 Å². The summed E-state index contributed by atoms with van der Waals surface area (Å²) >= 11 is 0. The molecule has 1 unspecified atom stereocenters. The molecule has 1 rings (SSSR count). The van der Waals surface area contributed by atoms with Crippen molar-refractivity contribution in [3.8, 4) is 0 Å². The standard InChI is InChI=1S/C6H11Si.FH/c1-7(2)6-4-3-5-6;/h3-4,6H,5H2,1-2H3;1H. The van der Waals surface area contributed by atoms with E-state index in [0.29, 0.717) is 0 Å². The van der Waals surface area contributed by atoms with Gasteiger partial charge in [-0.1, -0.05) is 25.2 Å². The van der Waals surface area contributed by atoms with E-state index in [9.17, 15) is 0 Å². The van der Waals surface area contributed by atoms with Gasteiger partial charge in [0.1, 0.15) is 0 Å². The lowest BCUT2D eigenvalue weighted by Gasteiger charge is -2.19. The molecule has 0 fully saturated rings. The normalized spacial score (nSPS) is 24.6. The maximum Gasteiger partial charge on any atom is 0.0493 e. The lowest BCUT2D eigenvalue weighted by molar-refractivity contribution is 0.930. The Morgan fingerprint density at radius 1 is 1.50 bits per heavy atom. The third kappa shape index (κ3) is 1.44. The number of halogens is 1. The summed E-state index contributed by atoms with van der Waals surface area (Å²) in [6, 6.07) is 0. The van der Waals surface area contributed by atoms with Crippen LogP contribution >= 0.6 is 0 Å². The van der Waals surface area contributed by atoms with Crippen LogP contribution in [-0.2, 0) is 0 Å². The molecule has 1 radical (unpaired) electrons. The second-order valence-electron chi connectivity index (χ2n) is 2.35. The van der Waals surface area contributed by atoms with Gasteiger partial charge in [0, 0.05) is 8.80 Å². The SMILES string of the molecule is C[Si](C)C1C=CC1.F. The quantitative estimate of drug-likeness (QED) is 0.378. The Morgan fingerprint density at radius 2 is 2.00 bits per heavy atom. The predicted octanol–water partition coefficient (Wildman–Crippen LogP) is 2.22. The van der Waals surface area contributed by atoms with E-state index >= 15 is 0 Å². The topological polar surface area (TPSA) is 0 Å². The Morgan fingerprint density at radius 3 is 2.00 bits per heavy atom. The highest BCUT2D eigenvalue weighted by atomic mass is 28.3. The summed E-state index contributed by atoms with van der Waals surface area (Å²) in [5, 5.41) is 0. The largest absolute Gasteiger partial charge is 0.269 e. The van der Waals surface area contributed by atoms with Gasteiger partial charge < -0.3 is 0 Å². The van der Waals surface area contributed by atoms with E-state index in [-0.39, 0.29) is 13.5 Å². The minimum Gasteiger partial charge on any atom is -0.269 e. The smallest absolute Gasteiger partial charge is 0.0493 e. The van der Waals surface area contributed by atoms with Crippen LogP contribution in [-0.4, -0.2) is 8.80 Å². The van der Waals surface area contributed by atoms with Crippen LogP contribution in [0.4, 0.5) is 4.70 Å². The molecule has 0 spiro atoms. The summed E-state index contributed by atoms with van der Waals surface area (Å²) in [6.07, 6.45) is 5.97.